The summed E-state index contributed by atoms with van der Waals surface area (Å²) in [6, 6.07) is 2.21. The molecule has 0 aromatic heterocycles. The zero-order chi connectivity index (χ0) is 7.90. The average molecular weight is 150 g/mol. The van der Waals surface area contributed by atoms with Crippen molar-refractivity contribution in [2.45, 2.75) is 31.7 Å². The van der Waals surface area contributed by atoms with E-state index < -0.39 is 0 Å². The zero-order valence-corrected chi connectivity index (χ0v) is 7.01. The summed E-state index contributed by atoms with van der Waals surface area (Å²) < 4.78 is 0. The Morgan fingerprint density at radius 1 is 1.73 bits per heavy atom. The fraction of sp³-hybridized carbons (Fsp3) is 0.889. The number of nitriles is 1. The summed E-state index contributed by atoms with van der Waals surface area (Å²) >= 11 is 0. The maximum absolute atomic E-state index is 8.43. The van der Waals surface area contributed by atoms with Crippen LogP contribution < -0.4 is 0 Å². The highest BCUT2D eigenvalue weighted by Gasteiger charge is 2.57. The molecule has 0 radical (unpaired) electrons. The molecule has 1 heterocycles. The first-order valence-electron chi connectivity index (χ1n) is 4.39. The van der Waals surface area contributed by atoms with Crippen LogP contribution in [0.1, 0.15) is 26.2 Å². The van der Waals surface area contributed by atoms with Gasteiger partial charge in [-0.05, 0) is 32.2 Å². The summed E-state index contributed by atoms with van der Waals surface area (Å²) in [5.41, 5.74) is 0.511. The van der Waals surface area contributed by atoms with Crippen molar-refractivity contribution in [1.29, 1.82) is 5.26 Å². The highest BCUT2D eigenvalue weighted by molar-refractivity contribution is 5.13. The van der Waals surface area contributed by atoms with Gasteiger partial charge in [0.2, 0.25) is 0 Å². The standard InChI is InChI=1S/C9H14N2/c1-9-7-8(9)3-6-11(9)5-2-4-10/h8H,2-3,5-7H2,1H3. The first-order valence-corrected chi connectivity index (χ1v) is 4.39. The molecule has 0 aromatic rings. The maximum atomic E-state index is 8.43. The normalized spacial score (nSPS) is 41.6. The second-order valence-electron chi connectivity index (χ2n) is 3.94. The van der Waals surface area contributed by atoms with Crippen molar-refractivity contribution in [3.05, 3.63) is 0 Å². The number of rotatable bonds is 2. The van der Waals surface area contributed by atoms with Crippen molar-refractivity contribution >= 4 is 0 Å². The van der Waals surface area contributed by atoms with Crippen molar-refractivity contribution in [3.63, 3.8) is 0 Å². The molecule has 0 aromatic carbocycles. The third kappa shape index (κ3) is 0.954. The topological polar surface area (TPSA) is 27.0 Å². The van der Waals surface area contributed by atoms with Crippen molar-refractivity contribution in [3.8, 4) is 6.07 Å². The van der Waals surface area contributed by atoms with Gasteiger partial charge in [-0.2, -0.15) is 5.26 Å². The Morgan fingerprint density at radius 3 is 3.00 bits per heavy atom. The van der Waals surface area contributed by atoms with Crippen LogP contribution in [0.15, 0.2) is 0 Å². The Labute approximate surface area is 67.8 Å². The SMILES string of the molecule is CC12CC1CCN2CCC#N. The molecule has 2 heteroatoms. The molecular weight excluding hydrogens is 136 g/mol. The van der Waals surface area contributed by atoms with Gasteiger partial charge in [0.05, 0.1) is 6.07 Å². The number of nitrogens with zero attached hydrogens (tertiary/aromatic N) is 2. The van der Waals surface area contributed by atoms with Crippen molar-refractivity contribution in [1.82, 2.24) is 4.90 Å². The Morgan fingerprint density at radius 2 is 2.55 bits per heavy atom. The Balaban J connectivity index is 1.91. The smallest absolute Gasteiger partial charge is 0.0635 e. The van der Waals surface area contributed by atoms with E-state index in [-0.39, 0.29) is 0 Å². The number of hydrogen-bond donors (Lipinski definition) is 0. The predicted octanol–water partition coefficient (Wildman–Crippen LogP) is 1.38. The molecule has 0 amide bonds. The van der Waals surface area contributed by atoms with Crippen molar-refractivity contribution < 1.29 is 0 Å². The largest absolute Gasteiger partial charge is 0.297 e. The minimum absolute atomic E-state index is 0.511. The van der Waals surface area contributed by atoms with Gasteiger partial charge in [-0.3, -0.25) is 4.90 Å². The molecule has 2 atom stereocenters. The Hall–Kier alpha value is -0.550. The molecule has 1 aliphatic heterocycles. The van der Waals surface area contributed by atoms with E-state index in [1.54, 1.807) is 0 Å². The quantitative estimate of drug-likeness (QED) is 0.594. The first-order chi connectivity index (χ1) is 5.27. The molecule has 2 aliphatic rings. The molecule has 2 nitrogen and oxygen atoms in total. The molecule has 60 valence electrons. The van der Waals surface area contributed by atoms with Crippen LogP contribution in [-0.4, -0.2) is 23.5 Å². The van der Waals surface area contributed by atoms with Crippen LogP contribution in [-0.2, 0) is 0 Å². The van der Waals surface area contributed by atoms with Crippen LogP contribution >= 0.6 is 0 Å². The van der Waals surface area contributed by atoms with Crippen LogP contribution in [0.3, 0.4) is 0 Å². The molecule has 0 bridgehead atoms. The fourth-order valence-electron chi connectivity index (χ4n) is 2.36. The molecule has 2 unspecified atom stereocenters. The molecule has 1 saturated carbocycles. The zero-order valence-electron chi connectivity index (χ0n) is 7.01. The van der Waals surface area contributed by atoms with Crippen molar-refractivity contribution in [2.24, 2.45) is 5.92 Å². The van der Waals surface area contributed by atoms with Gasteiger partial charge < -0.3 is 0 Å². The number of fused-ring (bicyclic) bond motifs is 1. The van der Waals surface area contributed by atoms with Gasteiger partial charge in [0.25, 0.3) is 0 Å². The van der Waals surface area contributed by atoms with E-state index in [1.165, 1.54) is 19.4 Å². The minimum atomic E-state index is 0.511. The molecule has 0 N–H and O–H groups in total. The Kier molecular flexibility index (Phi) is 1.43. The van der Waals surface area contributed by atoms with Gasteiger partial charge in [-0.25, -0.2) is 0 Å². The lowest BCUT2D eigenvalue weighted by molar-refractivity contribution is 0.231. The number of likely N-dealkylation sites (tertiary alicyclic amines) is 1. The second-order valence-corrected chi connectivity index (χ2v) is 3.94. The fourth-order valence-corrected chi connectivity index (χ4v) is 2.36. The second kappa shape index (κ2) is 2.22. The lowest BCUT2D eigenvalue weighted by atomic mass is 10.2. The van der Waals surface area contributed by atoms with Crippen LogP contribution in [0.5, 0.6) is 0 Å². The summed E-state index contributed by atoms with van der Waals surface area (Å²) in [5.74, 6) is 0.959. The molecular formula is C9H14N2. The monoisotopic (exact) mass is 150 g/mol. The van der Waals surface area contributed by atoms with Crippen LogP contribution in [0.25, 0.3) is 0 Å². The molecule has 2 rings (SSSR count). The molecule has 2 fully saturated rings. The highest BCUT2D eigenvalue weighted by Crippen LogP contribution is 2.54. The van der Waals surface area contributed by atoms with Crippen LogP contribution in [0.2, 0.25) is 0 Å². The van der Waals surface area contributed by atoms with Gasteiger partial charge in [-0.15, -0.1) is 0 Å². The Bertz CT molecular complexity index is 204. The van der Waals surface area contributed by atoms with E-state index in [4.69, 9.17) is 5.26 Å². The molecule has 1 saturated heterocycles. The van der Waals surface area contributed by atoms with Gasteiger partial charge in [0, 0.05) is 18.5 Å². The van der Waals surface area contributed by atoms with E-state index in [2.05, 4.69) is 17.9 Å². The molecule has 11 heavy (non-hydrogen) atoms. The first kappa shape index (κ1) is 7.12. The van der Waals surface area contributed by atoms with Gasteiger partial charge >= 0.3 is 0 Å². The van der Waals surface area contributed by atoms with Gasteiger partial charge in [0.15, 0.2) is 0 Å². The summed E-state index contributed by atoms with van der Waals surface area (Å²) in [4.78, 5) is 2.49. The third-order valence-corrected chi connectivity index (χ3v) is 3.34. The third-order valence-electron chi connectivity index (χ3n) is 3.34. The highest BCUT2D eigenvalue weighted by atomic mass is 15.3. The number of piperidine rings is 1. The number of hydrogen-bond acceptors (Lipinski definition) is 2. The van der Waals surface area contributed by atoms with Crippen LogP contribution in [0.4, 0.5) is 0 Å². The van der Waals surface area contributed by atoms with E-state index in [0.29, 0.717) is 12.0 Å². The summed E-state index contributed by atoms with van der Waals surface area (Å²) in [6.07, 6.45) is 3.43. The van der Waals surface area contributed by atoms with Gasteiger partial charge in [0.1, 0.15) is 0 Å². The molecule has 0 spiro atoms. The van der Waals surface area contributed by atoms with E-state index in [0.717, 1.165) is 12.5 Å². The van der Waals surface area contributed by atoms with E-state index >= 15 is 0 Å². The summed E-state index contributed by atoms with van der Waals surface area (Å²) in [5, 5.41) is 8.43. The van der Waals surface area contributed by atoms with Crippen molar-refractivity contribution in [2.75, 3.05) is 13.1 Å². The summed E-state index contributed by atoms with van der Waals surface area (Å²) in [7, 11) is 0. The van der Waals surface area contributed by atoms with Crippen LogP contribution in [0, 0.1) is 17.2 Å². The van der Waals surface area contributed by atoms with E-state index in [1.807, 2.05) is 0 Å². The minimum Gasteiger partial charge on any atom is -0.297 e. The summed E-state index contributed by atoms with van der Waals surface area (Å²) in [6.45, 7) is 4.55. The van der Waals surface area contributed by atoms with E-state index in [9.17, 15) is 0 Å². The molecule has 1 aliphatic carbocycles. The maximum Gasteiger partial charge on any atom is 0.0635 e. The average Bonchev–Trinajstić information content (AvgIpc) is 2.55. The lowest BCUT2D eigenvalue weighted by Gasteiger charge is -2.23. The predicted molar refractivity (Wildman–Crippen MR) is 42.9 cm³/mol. The van der Waals surface area contributed by atoms with Gasteiger partial charge in [-0.1, -0.05) is 0 Å². The lowest BCUT2D eigenvalue weighted by Crippen LogP contribution is -2.32.